The third-order valence-electron chi connectivity index (χ3n) is 3.63. The van der Waals surface area contributed by atoms with Crippen molar-refractivity contribution >= 4 is 10.0 Å². The fraction of sp³-hybridized carbons (Fsp3) is 0.600. The third kappa shape index (κ3) is 4.25. The Morgan fingerprint density at radius 2 is 2.00 bits per heavy atom. The number of nitrogens with two attached hydrogens (primary N) is 1. The van der Waals surface area contributed by atoms with Crippen LogP contribution in [-0.4, -0.2) is 25.3 Å². The smallest absolute Gasteiger partial charge is 0.246 e. The molecule has 0 aliphatic heterocycles. The largest absolute Gasteiger partial charge is 0.326 e. The molecule has 21 heavy (non-hydrogen) atoms. The molecule has 1 rings (SSSR count). The molecule has 0 heterocycles. The van der Waals surface area contributed by atoms with E-state index in [1.165, 1.54) is 22.5 Å². The van der Waals surface area contributed by atoms with Crippen molar-refractivity contribution in [2.45, 2.75) is 57.5 Å². The topological polar surface area (TPSA) is 63.4 Å². The van der Waals surface area contributed by atoms with Crippen LogP contribution >= 0.6 is 0 Å². The summed E-state index contributed by atoms with van der Waals surface area (Å²) in [5.41, 5.74) is 6.13. The van der Waals surface area contributed by atoms with Crippen LogP contribution in [0.5, 0.6) is 0 Å². The van der Waals surface area contributed by atoms with Gasteiger partial charge < -0.3 is 5.73 Å². The Morgan fingerprint density at radius 3 is 2.52 bits per heavy atom. The van der Waals surface area contributed by atoms with E-state index in [2.05, 4.69) is 0 Å². The van der Waals surface area contributed by atoms with Gasteiger partial charge in [0.05, 0.1) is 0 Å². The summed E-state index contributed by atoms with van der Waals surface area (Å²) < 4.78 is 40.9. The molecule has 2 N–H and O–H groups in total. The fourth-order valence-electron chi connectivity index (χ4n) is 2.09. The highest BCUT2D eigenvalue weighted by atomic mass is 32.2. The number of benzene rings is 1. The summed E-state index contributed by atoms with van der Waals surface area (Å²) in [5.74, 6) is -0.725. The van der Waals surface area contributed by atoms with Crippen LogP contribution in [0, 0.1) is 5.82 Å². The molecule has 1 aromatic carbocycles. The maximum atomic E-state index is 14.0. The molecule has 0 radical (unpaired) electrons. The van der Waals surface area contributed by atoms with Crippen LogP contribution in [0.25, 0.3) is 0 Å². The van der Waals surface area contributed by atoms with E-state index in [-0.39, 0.29) is 17.5 Å². The zero-order chi connectivity index (χ0) is 16.0. The lowest BCUT2D eigenvalue weighted by Gasteiger charge is -2.28. The SMILES string of the molecule is CCCCN(C(C)CC)S(=O)(=O)c1cc(CN)ccc1F. The molecule has 120 valence electrons. The predicted octanol–water partition coefficient (Wildman–Crippen LogP) is 2.87. The van der Waals surface area contributed by atoms with Gasteiger partial charge in [0.1, 0.15) is 10.7 Å². The molecule has 0 fully saturated rings. The van der Waals surface area contributed by atoms with Gasteiger partial charge in [-0.25, -0.2) is 12.8 Å². The molecule has 0 spiro atoms. The van der Waals surface area contributed by atoms with Gasteiger partial charge in [-0.15, -0.1) is 0 Å². The zero-order valence-electron chi connectivity index (χ0n) is 13.0. The van der Waals surface area contributed by atoms with Crippen molar-refractivity contribution in [1.29, 1.82) is 0 Å². The maximum Gasteiger partial charge on any atom is 0.246 e. The molecule has 0 saturated carbocycles. The van der Waals surface area contributed by atoms with Crippen LogP contribution in [0.15, 0.2) is 23.1 Å². The summed E-state index contributed by atoms with van der Waals surface area (Å²) in [7, 11) is -3.85. The van der Waals surface area contributed by atoms with E-state index >= 15 is 0 Å². The van der Waals surface area contributed by atoms with Crippen LogP contribution in [0.3, 0.4) is 0 Å². The molecule has 0 saturated heterocycles. The molecule has 0 bridgehead atoms. The van der Waals surface area contributed by atoms with Crippen LogP contribution in [0.2, 0.25) is 0 Å². The second-order valence-electron chi connectivity index (χ2n) is 5.20. The van der Waals surface area contributed by atoms with Gasteiger partial charge in [0.15, 0.2) is 0 Å². The average Bonchev–Trinajstić information content (AvgIpc) is 2.47. The number of rotatable bonds is 8. The summed E-state index contributed by atoms with van der Waals surface area (Å²) in [6.07, 6.45) is 2.32. The second-order valence-corrected chi connectivity index (χ2v) is 7.05. The quantitative estimate of drug-likeness (QED) is 0.802. The number of nitrogens with zero attached hydrogens (tertiary/aromatic N) is 1. The highest BCUT2D eigenvalue weighted by Gasteiger charge is 2.30. The fourth-order valence-corrected chi connectivity index (χ4v) is 3.95. The van der Waals surface area contributed by atoms with Gasteiger partial charge in [0, 0.05) is 19.1 Å². The van der Waals surface area contributed by atoms with Crippen molar-refractivity contribution in [3.63, 3.8) is 0 Å². The predicted molar refractivity (Wildman–Crippen MR) is 82.8 cm³/mol. The van der Waals surface area contributed by atoms with Crippen molar-refractivity contribution < 1.29 is 12.8 Å². The molecule has 0 aliphatic carbocycles. The molecule has 1 atom stereocenters. The number of halogens is 1. The van der Waals surface area contributed by atoms with Crippen LogP contribution < -0.4 is 5.73 Å². The first kappa shape index (κ1) is 18.1. The average molecular weight is 316 g/mol. The van der Waals surface area contributed by atoms with Crippen LogP contribution in [-0.2, 0) is 16.6 Å². The first-order valence-electron chi connectivity index (χ1n) is 7.38. The number of hydrogen-bond donors (Lipinski definition) is 1. The summed E-state index contributed by atoms with van der Waals surface area (Å²) in [4.78, 5) is -0.276. The Balaban J connectivity index is 3.27. The van der Waals surface area contributed by atoms with E-state index < -0.39 is 15.8 Å². The van der Waals surface area contributed by atoms with Gasteiger partial charge in [-0.3, -0.25) is 0 Å². The lowest BCUT2D eigenvalue weighted by atomic mass is 10.2. The molecule has 0 aliphatic rings. The first-order valence-corrected chi connectivity index (χ1v) is 8.82. The number of unbranched alkanes of at least 4 members (excludes halogenated alkanes) is 1. The Labute approximate surface area is 127 Å². The van der Waals surface area contributed by atoms with E-state index in [1.54, 1.807) is 0 Å². The van der Waals surface area contributed by atoms with E-state index in [0.29, 0.717) is 18.5 Å². The standard InChI is InChI=1S/C15H25FN2O2S/c1-4-6-9-18(12(3)5-2)21(19,20)15-10-13(11-17)7-8-14(15)16/h7-8,10,12H,4-6,9,11,17H2,1-3H3. The minimum Gasteiger partial charge on any atom is -0.326 e. The van der Waals surface area contributed by atoms with Gasteiger partial charge in [0.2, 0.25) is 10.0 Å². The Morgan fingerprint density at radius 1 is 1.33 bits per heavy atom. The van der Waals surface area contributed by atoms with Gasteiger partial charge in [-0.2, -0.15) is 4.31 Å². The summed E-state index contributed by atoms with van der Waals surface area (Å²) >= 11 is 0. The van der Waals surface area contributed by atoms with Crippen molar-refractivity contribution in [2.24, 2.45) is 5.73 Å². The van der Waals surface area contributed by atoms with Crippen molar-refractivity contribution in [2.75, 3.05) is 6.54 Å². The minimum absolute atomic E-state index is 0.164. The first-order chi connectivity index (χ1) is 9.88. The zero-order valence-corrected chi connectivity index (χ0v) is 13.8. The van der Waals surface area contributed by atoms with Crippen LogP contribution in [0.1, 0.15) is 45.6 Å². The molecule has 0 aromatic heterocycles. The molecule has 1 unspecified atom stereocenters. The molecule has 4 nitrogen and oxygen atoms in total. The normalized spacial score (nSPS) is 13.6. The third-order valence-corrected chi connectivity index (χ3v) is 5.66. The van der Waals surface area contributed by atoms with Gasteiger partial charge >= 0.3 is 0 Å². The van der Waals surface area contributed by atoms with E-state index in [9.17, 15) is 12.8 Å². The second kappa shape index (κ2) is 7.87. The van der Waals surface area contributed by atoms with Gasteiger partial charge in [-0.1, -0.05) is 26.3 Å². The Bertz CT molecular complexity index is 561. The molecule has 6 heteroatoms. The van der Waals surface area contributed by atoms with Gasteiger partial charge in [0.25, 0.3) is 0 Å². The summed E-state index contributed by atoms with van der Waals surface area (Å²) in [6, 6.07) is 3.85. The monoisotopic (exact) mass is 316 g/mol. The lowest BCUT2D eigenvalue weighted by Crippen LogP contribution is -2.39. The lowest BCUT2D eigenvalue weighted by molar-refractivity contribution is 0.322. The minimum atomic E-state index is -3.85. The van der Waals surface area contributed by atoms with E-state index in [0.717, 1.165) is 12.8 Å². The Hall–Kier alpha value is -0.980. The number of hydrogen-bond acceptors (Lipinski definition) is 3. The highest BCUT2D eigenvalue weighted by Crippen LogP contribution is 2.24. The number of sulfonamides is 1. The molecule has 1 aromatic rings. The molecular formula is C15H25FN2O2S. The Kier molecular flexibility index (Phi) is 6.77. The van der Waals surface area contributed by atoms with Crippen LogP contribution in [0.4, 0.5) is 4.39 Å². The van der Waals surface area contributed by atoms with E-state index in [1.807, 2.05) is 20.8 Å². The maximum absolute atomic E-state index is 14.0. The molecular weight excluding hydrogens is 291 g/mol. The summed E-state index contributed by atoms with van der Waals surface area (Å²) in [5, 5.41) is 0. The highest BCUT2D eigenvalue weighted by molar-refractivity contribution is 7.89. The molecule has 0 amide bonds. The van der Waals surface area contributed by atoms with Gasteiger partial charge in [-0.05, 0) is 37.5 Å². The summed E-state index contributed by atoms with van der Waals surface area (Å²) in [6.45, 7) is 6.35. The van der Waals surface area contributed by atoms with Crippen molar-refractivity contribution in [3.05, 3.63) is 29.6 Å². The van der Waals surface area contributed by atoms with Crippen molar-refractivity contribution in [1.82, 2.24) is 4.31 Å². The van der Waals surface area contributed by atoms with Crippen molar-refractivity contribution in [3.8, 4) is 0 Å². The van der Waals surface area contributed by atoms with E-state index in [4.69, 9.17) is 5.73 Å².